The van der Waals surface area contributed by atoms with Crippen LogP contribution in [0.25, 0.3) is 0 Å². The van der Waals surface area contributed by atoms with Crippen LogP contribution in [0.15, 0.2) is 87.5 Å². The molecule has 3 rings (SSSR count). The van der Waals surface area contributed by atoms with Crippen molar-refractivity contribution in [3.05, 3.63) is 89.7 Å². The summed E-state index contributed by atoms with van der Waals surface area (Å²) in [5.74, 6) is -0.620. The molecule has 0 aliphatic heterocycles. The van der Waals surface area contributed by atoms with Crippen LogP contribution in [-0.2, 0) is 19.9 Å². The highest BCUT2D eigenvalue weighted by molar-refractivity contribution is 7.91. The van der Waals surface area contributed by atoms with Crippen molar-refractivity contribution >= 4 is 19.9 Å². The third-order valence-electron chi connectivity index (χ3n) is 4.83. The van der Waals surface area contributed by atoms with E-state index in [-0.39, 0.29) is 27.1 Å². The van der Waals surface area contributed by atoms with Crippen LogP contribution in [0, 0.1) is 12.7 Å². The molecular weight excluding hydrogens is 425 g/mol. The Bertz CT molecular complexity index is 1240. The Balaban J connectivity index is 1.89. The molecule has 0 bridgehead atoms. The van der Waals surface area contributed by atoms with Crippen LogP contribution < -0.4 is 4.72 Å². The highest BCUT2D eigenvalue weighted by atomic mass is 32.2. The van der Waals surface area contributed by atoms with E-state index >= 15 is 0 Å². The molecule has 5 nitrogen and oxygen atoms in total. The number of aryl methyl sites for hydroxylation is 1. The summed E-state index contributed by atoms with van der Waals surface area (Å²) in [4.78, 5) is -0.385. The fourth-order valence-electron chi connectivity index (χ4n) is 3.00. The van der Waals surface area contributed by atoms with Gasteiger partial charge in [-0.05, 0) is 60.4 Å². The second-order valence-electron chi connectivity index (χ2n) is 7.05. The van der Waals surface area contributed by atoms with Crippen LogP contribution in [0.5, 0.6) is 0 Å². The van der Waals surface area contributed by atoms with Gasteiger partial charge in [-0.3, -0.25) is 0 Å². The third kappa shape index (κ3) is 4.77. The van der Waals surface area contributed by atoms with Gasteiger partial charge in [-0.1, -0.05) is 43.3 Å². The molecule has 0 saturated heterocycles. The van der Waals surface area contributed by atoms with Gasteiger partial charge in [0, 0.05) is 6.54 Å². The molecule has 0 unspecified atom stereocenters. The van der Waals surface area contributed by atoms with Crippen molar-refractivity contribution in [2.24, 2.45) is 0 Å². The fraction of sp³-hybridized carbons (Fsp3) is 0.182. The lowest BCUT2D eigenvalue weighted by molar-refractivity contribution is 0.574. The van der Waals surface area contributed by atoms with Gasteiger partial charge in [0.25, 0.3) is 0 Å². The molecule has 3 aromatic rings. The van der Waals surface area contributed by atoms with E-state index in [2.05, 4.69) is 4.72 Å². The number of halogens is 1. The highest BCUT2D eigenvalue weighted by Gasteiger charge is 2.24. The van der Waals surface area contributed by atoms with Gasteiger partial charge in [-0.15, -0.1) is 0 Å². The minimum Gasteiger partial charge on any atom is -0.219 e. The molecule has 0 spiro atoms. The van der Waals surface area contributed by atoms with Crippen LogP contribution in [0.4, 0.5) is 4.39 Å². The van der Waals surface area contributed by atoms with Crippen molar-refractivity contribution in [2.75, 3.05) is 6.54 Å². The number of hydrogen-bond acceptors (Lipinski definition) is 4. The predicted octanol–water partition coefficient (Wildman–Crippen LogP) is 4.05. The van der Waals surface area contributed by atoms with Crippen molar-refractivity contribution < 1.29 is 21.2 Å². The van der Waals surface area contributed by atoms with E-state index in [1.807, 2.05) is 37.3 Å². The summed E-state index contributed by atoms with van der Waals surface area (Å²) in [6.45, 7) is 3.67. The molecule has 0 aliphatic rings. The number of benzene rings is 3. The van der Waals surface area contributed by atoms with Crippen molar-refractivity contribution in [1.29, 1.82) is 0 Å². The predicted molar refractivity (Wildman–Crippen MR) is 113 cm³/mol. The van der Waals surface area contributed by atoms with E-state index in [0.717, 1.165) is 35.9 Å². The van der Waals surface area contributed by atoms with Crippen molar-refractivity contribution in [3.63, 3.8) is 0 Å². The molecule has 3 aromatic carbocycles. The Morgan fingerprint density at radius 3 is 2.10 bits per heavy atom. The van der Waals surface area contributed by atoms with Crippen LogP contribution in [0.1, 0.15) is 24.0 Å². The molecule has 0 fully saturated rings. The summed E-state index contributed by atoms with van der Waals surface area (Å²) in [5.41, 5.74) is 1.41. The van der Waals surface area contributed by atoms with Gasteiger partial charge in [0.2, 0.25) is 19.9 Å². The van der Waals surface area contributed by atoms with Crippen LogP contribution in [0.2, 0.25) is 0 Å². The van der Waals surface area contributed by atoms with E-state index in [0.29, 0.717) is 5.56 Å². The molecular formula is C22H22FNO4S2. The minimum atomic E-state index is -3.99. The maximum Gasteiger partial charge on any atom is 0.240 e. The molecule has 0 heterocycles. The zero-order valence-corrected chi connectivity index (χ0v) is 18.2. The molecule has 0 aromatic heterocycles. The van der Waals surface area contributed by atoms with Crippen LogP contribution in [0.3, 0.4) is 0 Å². The fourth-order valence-corrected chi connectivity index (χ4v) is 5.76. The molecule has 30 heavy (non-hydrogen) atoms. The van der Waals surface area contributed by atoms with E-state index < -0.39 is 25.7 Å². The number of sulfonamides is 1. The van der Waals surface area contributed by atoms with Gasteiger partial charge in [-0.25, -0.2) is 25.9 Å². The summed E-state index contributed by atoms with van der Waals surface area (Å²) in [6, 6.07) is 17.8. The Morgan fingerprint density at radius 2 is 1.47 bits per heavy atom. The first-order chi connectivity index (χ1) is 14.1. The topological polar surface area (TPSA) is 80.3 Å². The standard InChI is InChI=1S/C22H22FNO4S2/c1-16-8-11-21(29(25,26)20-12-9-19(23)10-13-20)14-22(16)30(27,28)24-15-17(2)18-6-4-3-5-7-18/h3-14,17,24H,15H2,1-2H3/t17-/m0/s1. The van der Waals surface area contributed by atoms with Gasteiger partial charge in [-0.2, -0.15) is 0 Å². The largest absolute Gasteiger partial charge is 0.240 e. The second-order valence-corrected chi connectivity index (χ2v) is 10.7. The van der Waals surface area contributed by atoms with Crippen LogP contribution >= 0.6 is 0 Å². The summed E-state index contributed by atoms with van der Waals surface area (Å²) < 4.78 is 67.2. The molecule has 0 amide bonds. The molecule has 1 atom stereocenters. The maximum atomic E-state index is 13.1. The first-order valence-corrected chi connectivity index (χ1v) is 12.2. The molecule has 8 heteroatoms. The number of hydrogen-bond donors (Lipinski definition) is 1. The lowest BCUT2D eigenvalue weighted by Crippen LogP contribution is -2.28. The normalized spacial score (nSPS) is 13.2. The number of sulfone groups is 1. The summed E-state index contributed by atoms with van der Waals surface area (Å²) in [7, 11) is -7.93. The maximum absolute atomic E-state index is 13.1. The summed E-state index contributed by atoms with van der Waals surface area (Å²) >= 11 is 0. The first-order valence-electron chi connectivity index (χ1n) is 9.27. The van der Waals surface area contributed by atoms with Gasteiger partial charge >= 0.3 is 0 Å². The molecule has 158 valence electrons. The Hall–Kier alpha value is -2.55. The summed E-state index contributed by atoms with van der Waals surface area (Å²) in [5, 5.41) is 0. The Kier molecular flexibility index (Phi) is 6.40. The molecule has 0 radical (unpaired) electrons. The third-order valence-corrected chi connectivity index (χ3v) is 8.16. The lowest BCUT2D eigenvalue weighted by atomic mass is 10.0. The molecule has 0 aliphatic carbocycles. The van der Waals surface area contributed by atoms with E-state index in [1.165, 1.54) is 12.1 Å². The van der Waals surface area contributed by atoms with Crippen molar-refractivity contribution in [2.45, 2.75) is 34.5 Å². The van der Waals surface area contributed by atoms with Crippen LogP contribution in [-0.4, -0.2) is 23.4 Å². The van der Waals surface area contributed by atoms with Gasteiger partial charge < -0.3 is 0 Å². The molecule has 1 N–H and O–H groups in total. The van der Waals surface area contributed by atoms with Crippen molar-refractivity contribution in [3.8, 4) is 0 Å². The quantitative estimate of drug-likeness (QED) is 0.554. The highest BCUT2D eigenvalue weighted by Crippen LogP contribution is 2.26. The summed E-state index contributed by atoms with van der Waals surface area (Å²) in [6.07, 6.45) is 0. The van der Waals surface area contributed by atoms with Gasteiger partial charge in [0.1, 0.15) is 5.82 Å². The minimum absolute atomic E-state index is 0.0626. The molecule has 0 saturated carbocycles. The number of rotatable bonds is 7. The van der Waals surface area contributed by atoms with E-state index in [4.69, 9.17) is 0 Å². The smallest absolute Gasteiger partial charge is 0.219 e. The van der Waals surface area contributed by atoms with E-state index in [9.17, 15) is 21.2 Å². The number of nitrogens with one attached hydrogen (secondary N) is 1. The van der Waals surface area contributed by atoms with E-state index in [1.54, 1.807) is 6.92 Å². The Labute approximate surface area is 176 Å². The van der Waals surface area contributed by atoms with Gasteiger partial charge in [0.15, 0.2) is 0 Å². The van der Waals surface area contributed by atoms with Crippen molar-refractivity contribution in [1.82, 2.24) is 4.72 Å². The zero-order chi connectivity index (χ0) is 21.9. The second kappa shape index (κ2) is 8.67. The first kappa shape index (κ1) is 22.1. The van der Waals surface area contributed by atoms with Gasteiger partial charge in [0.05, 0.1) is 14.7 Å². The average molecular weight is 448 g/mol. The SMILES string of the molecule is Cc1ccc(S(=O)(=O)c2ccc(F)cc2)cc1S(=O)(=O)NC[C@H](C)c1ccccc1. The monoisotopic (exact) mass is 447 g/mol. The Morgan fingerprint density at radius 1 is 0.867 bits per heavy atom. The zero-order valence-electron chi connectivity index (χ0n) is 16.5. The lowest BCUT2D eigenvalue weighted by Gasteiger charge is -2.15. The average Bonchev–Trinajstić information content (AvgIpc) is 2.73.